The van der Waals surface area contributed by atoms with Crippen molar-refractivity contribution in [1.82, 2.24) is 0 Å². The number of rotatable bonds is 6. The topological polar surface area (TPSA) is 157 Å². The Balaban J connectivity index is 0.000000230. The first-order valence-electron chi connectivity index (χ1n) is 13.4. The number of nitrogens with zero attached hydrogens (tertiary/aromatic N) is 2. The zero-order valence-corrected chi connectivity index (χ0v) is 25.8. The monoisotopic (exact) mass is 586 g/mol. The van der Waals surface area contributed by atoms with Crippen molar-refractivity contribution in [3.8, 4) is 11.5 Å². The lowest BCUT2D eigenvalue weighted by atomic mass is 9.86. The first-order valence-corrected chi connectivity index (χ1v) is 13.4. The molecular formula is C30H38N2O10. The van der Waals surface area contributed by atoms with Crippen molar-refractivity contribution in [1.29, 1.82) is 0 Å². The van der Waals surface area contributed by atoms with Crippen LogP contribution in [0, 0.1) is 61.8 Å². The third-order valence-corrected chi connectivity index (χ3v) is 8.02. The number of hydrogen-bond donors (Lipinski definition) is 0. The van der Waals surface area contributed by atoms with E-state index in [0.29, 0.717) is 56.0 Å². The van der Waals surface area contributed by atoms with Gasteiger partial charge >= 0.3 is 0 Å². The highest BCUT2D eigenvalue weighted by molar-refractivity contribution is 6.04. The van der Waals surface area contributed by atoms with Crippen LogP contribution in [0.1, 0.15) is 80.8 Å². The van der Waals surface area contributed by atoms with Gasteiger partial charge in [-0.15, -0.1) is 0 Å². The predicted molar refractivity (Wildman–Crippen MR) is 154 cm³/mol. The first kappa shape index (κ1) is 32.6. The van der Waals surface area contributed by atoms with Crippen LogP contribution < -0.4 is 9.47 Å². The molecule has 0 radical (unpaired) electrons. The molecule has 2 aromatic carbocycles. The summed E-state index contributed by atoms with van der Waals surface area (Å²) < 4.78 is 22.2. The Morgan fingerprint density at radius 3 is 1.21 bits per heavy atom. The molecule has 2 aliphatic rings. The molecule has 2 heterocycles. The van der Waals surface area contributed by atoms with Gasteiger partial charge in [0, 0.05) is 47.6 Å². The van der Waals surface area contributed by atoms with Crippen LogP contribution in [0.5, 0.6) is 11.5 Å². The quantitative estimate of drug-likeness (QED) is 0.300. The zero-order valence-electron chi connectivity index (χ0n) is 25.8. The third-order valence-electron chi connectivity index (χ3n) is 8.02. The number of ether oxygens (including phenoxy) is 4. The molecule has 0 aliphatic carbocycles. The predicted octanol–water partition coefficient (Wildman–Crippen LogP) is 5.78. The fraction of sp³-hybridized carbons (Fsp3) is 0.533. The number of methoxy groups -OCH3 is 2. The first-order chi connectivity index (χ1) is 19.4. The summed E-state index contributed by atoms with van der Waals surface area (Å²) in [5.41, 5.74) is 2.28. The van der Waals surface area contributed by atoms with Gasteiger partial charge in [0.2, 0.25) is 0 Å². The number of nitro benzene ring substituents is 2. The van der Waals surface area contributed by atoms with Gasteiger partial charge in [-0.3, -0.25) is 29.8 Å². The number of benzene rings is 2. The lowest BCUT2D eigenvalue weighted by molar-refractivity contribution is -0.386. The van der Waals surface area contributed by atoms with Crippen molar-refractivity contribution in [2.45, 2.75) is 79.4 Å². The lowest BCUT2D eigenvalue weighted by Crippen LogP contribution is -2.43. The zero-order chi connectivity index (χ0) is 31.9. The molecule has 2 unspecified atom stereocenters. The van der Waals surface area contributed by atoms with Crippen molar-refractivity contribution in [2.75, 3.05) is 27.4 Å². The van der Waals surface area contributed by atoms with E-state index in [1.54, 1.807) is 55.8 Å². The van der Waals surface area contributed by atoms with Crippen LogP contribution in [-0.4, -0.2) is 60.0 Å². The molecule has 2 aromatic rings. The highest BCUT2D eigenvalue weighted by atomic mass is 16.6. The van der Waals surface area contributed by atoms with Gasteiger partial charge in [-0.1, -0.05) is 0 Å². The average Bonchev–Trinajstić information content (AvgIpc) is 2.85. The number of carbonyl (C=O) groups is 2. The van der Waals surface area contributed by atoms with Crippen LogP contribution in [0.3, 0.4) is 0 Å². The van der Waals surface area contributed by atoms with Crippen molar-refractivity contribution >= 4 is 22.9 Å². The molecule has 0 aromatic heterocycles. The van der Waals surface area contributed by atoms with E-state index in [-0.39, 0.29) is 49.0 Å². The minimum absolute atomic E-state index is 0.00135. The van der Waals surface area contributed by atoms with E-state index in [9.17, 15) is 29.8 Å². The van der Waals surface area contributed by atoms with Gasteiger partial charge in [0.05, 0.1) is 47.0 Å². The molecule has 2 atom stereocenters. The van der Waals surface area contributed by atoms with Gasteiger partial charge < -0.3 is 18.9 Å². The van der Waals surface area contributed by atoms with Gasteiger partial charge in [-0.2, -0.15) is 0 Å². The van der Waals surface area contributed by atoms with E-state index in [0.717, 1.165) is 0 Å². The van der Waals surface area contributed by atoms with Crippen LogP contribution in [0.4, 0.5) is 11.4 Å². The van der Waals surface area contributed by atoms with E-state index < -0.39 is 21.0 Å². The highest BCUT2D eigenvalue weighted by Gasteiger charge is 2.42. The number of carbonyl (C=O) groups excluding carboxylic acids is 2. The number of fused-ring (bicyclic) bond motifs is 2. The molecule has 228 valence electrons. The largest absolute Gasteiger partial charge is 0.484 e. The third kappa shape index (κ3) is 5.73. The second kappa shape index (κ2) is 11.8. The maximum atomic E-state index is 12.5. The Hall–Kier alpha value is -3.90. The van der Waals surface area contributed by atoms with Crippen LogP contribution >= 0.6 is 0 Å². The maximum Gasteiger partial charge on any atom is 0.276 e. The molecule has 0 saturated heterocycles. The Morgan fingerprint density at radius 2 is 0.952 bits per heavy atom. The van der Waals surface area contributed by atoms with Crippen LogP contribution in [0.2, 0.25) is 0 Å². The molecule has 0 saturated carbocycles. The molecule has 2 aliphatic heterocycles. The minimum atomic E-state index is -0.737. The van der Waals surface area contributed by atoms with Gasteiger partial charge in [0.15, 0.2) is 11.6 Å². The fourth-order valence-corrected chi connectivity index (χ4v) is 5.88. The SMILES string of the molecule is COCC1(C)CC(=O)c2c(C)c([N+](=O)[O-])c(C)c(C)c2O1.COCC1(C)CC(=O)c2c(C)c([N+](=O)[O-])c(C)c(C)c2O1. The van der Waals surface area contributed by atoms with Crippen molar-refractivity contribution in [3.05, 3.63) is 64.7 Å². The Bertz CT molecular complexity index is 1390. The molecule has 12 heteroatoms. The molecule has 42 heavy (non-hydrogen) atoms. The normalized spacial score (nSPS) is 20.9. The summed E-state index contributed by atoms with van der Waals surface area (Å²) in [6.07, 6.45) is 0.294. The molecular weight excluding hydrogens is 548 g/mol. The number of hydrogen-bond acceptors (Lipinski definition) is 10. The number of nitro groups is 2. The summed E-state index contributed by atoms with van der Waals surface area (Å²) in [5.74, 6) is 0.622. The second-order valence-electron chi connectivity index (χ2n) is 11.5. The van der Waals surface area contributed by atoms with E-state index in [1.807, 2.05) is 13.8 Å². The summed E-state index contributed by atoms with van der Waals surface area (Å²) in [5, 5.41) is 22.5. The Kier molecular flexibility index (Phi) is 9.14. The summed E-state index contributed by atoms with van der Waals surface area (Å²) in [7, 11) is 3.10. The lowest BCUT2D eigenvalue weighted by Gasteiger charge is -2.36. The summed E-state index contributed by atoms with van der Waals surface area (Å²) in [6, 6.07) is 0. The van der Waals surface area contributed by atoms with Crippen molar-refractivity contribution < 1.29 is 38.4 Å². The Morgan fingerprint density at radius 1 is 0.643 bits per heavy atom. The summed E-state index contributed by atoms with van der Waals surface area (Å²) in [6.45, 7) is 14.2. The molecule has 0 spiro atoms. The molecule has 0 fully saturated rings. The minimum Gasteiger partial charge on any atom is -0.484 e. The standard InChI is InChI=1S/2C15H19NO5/c2*1-8-9(2)14-12(10(3)13(8)16(18)19)11(17)6-15(4,21-14)7-20-5/h2*6-7H2,1-5H3. The van der Waals surface area contributed by atoms with Crippen LogP contribution in [-0.2, 0) is 9.47 Å². The van der Waals surface area contributed by atoms with Crippen molar-refractivity contribution in [3.63, 3.8) is 0 Å². The smallest absolute Gasteiger partial charge is 0.276 e. The van der Waals surface area contributed by atoms with Gasteiger partial charge in [-0.05, 0) is 55.4 Å². The van der Waals surface area contributed by atoms with E-state index in [4.69, 9.17) is 18.9 Å². The van der Waals surface area contributed by atoms with Gasteiger partial charge in [0.1, 0.15) is 22.7 Å². The van der Waals surface area contributed by atoms with E-state index in [1.165, 1.54) is 0 Å². The number of ketones is 2. The molecule has 4 rings (SSSR count). The van der Waals surface area contributed by atoms with Crippen LogP contribution in [0.15, 0.2) is 0 Å². The Labute approximate surface area is 244 Å². The van der Waals surface area contributed by atoms with Crippen LogP contribution in [0.25, 0.3) is 0 Å². The highest BCUT2D eigenvalue weighted by Crippen LogP contribution is 2.44. The van der Waals surface area contributed by atoms with E-state index >= 15 is 0 Å². The fourth-order valence-electron chi connectivity index (χ4n) is 5.88. The maximum absolute atomic E-state index is 12.5. The molecule has 0 bridgehead atoms. The number of Topliss-reactive ketones (excluding diaryl/α,β-unsaturated/α-hetero) is 2. The second-order valence-corrected chi connectivity index (χ2v) is 11.5. The van der Waals surface area contributed by atoms with Crippen molar-refractivity contribution in [2.24, 2.45) is 0 Å². The summed E-state index contributed by atoms with van der Waals surface area (Å²) >= 11 is 0. The molecule has 0 N–H and O–H groups in total. The molecule has 0 amide bonds. The van der Waals surface area contributed by atoms with Gasteiger partial charge in [-0.25, -0.2) is 0 Å². The van der Waals surface area contributed by atoms with Gasteiger partial charge in [0.25, 0.3) is 11.4 Å². The molecule has 12 nitrogen and oxygen atoms in total. The summed E-state index contributed by atoms with van der Waals surface area (Å²) in [4.78, 5) is 46.6. The average molecular weight is 587 g/mol. The van der Waals surface area contributed by atoms with E-state index in [2.05, 4.69) is 0 Å².